The van der Waals surface area contributed by atoms with Crippen LogP contribution < -0.4 is 10.2 Å². The van der Waals surface area contributed by atoms with E-state index >= 15 is 0 Å². The van der Waals surface area contributed by atoms with E-state index in [1.54, 1.807) is 42.2 Å². The molecule has 2 amide bonds. The van der Waals surface area contributed by atoms with E-state index < -0.39 is 12.1 Å². The molecule has 2 aromatic carbocycles. The molecule has 27 heavy (non-hydrogen) atoms. The zero-order chi connectivity index (χ0) is 19.4. The number of carbonyl (C=O) groups is 3. The number of nitrogens with zero attached hydrogens (tertiary/aromatic N) is 1. The minimum atomic E-state index is -0.931. The molecular formula is C21H22N2O4. The van der Waals surface area contributed by atoms with Crippen LogP contribution in [0.4, 0.5) is 5.69 Å². The number of anilines is 1. The summed E-state index contributed by atoms with van der Waals surface area (Å²) >= 11 is 0. The van der Waals surface area contributed by atoms with Gasteiger partial charge in [-0.3, -0.25) is 14.4 Å². The summed E-state index contributed by atoms with van der Waals surface area (Å²) in [5, 5.41) is 2.50. The number of esters is 1. The molecule has 1 aliphatic rings. The maximum absolute atomic E-state index is 12.8. The second-order valence-corrected chi connectivity index (χ2v) is 6.57. The van der Waals surface area contributed by atoms with Crippen molar-refractivity contribution < 1.29 is 19.1 Å². The number of hydrogen-bond donors (Lipinski definition) is 1. The Labute approximate surface area is 158 Å². The average molecular weight is 366 g/mol. The highest BCUT2D eigenvalue weighted by Crippen LogP contribution is 2.32. The third kappa shape index (κ3) is 4.16. The quantitative estimate of drug-likeness (QED) is 0.824. The standard InChI is InChI=1S/C21H22N2O4/c1-14-12-17-10-6-7-11-18(17)23(14)21(26)15(2)27-19(24)13-22-20(25)16-8-4-3-5-9-16/h3-11,14-15H,12-13H2,1-2H3,(H,22,25)/t14-,15+/m0/s1. The van der Waals surface area contributed by atoms with Gasteiger partial charge in [0, 0.05) is 17.3 Å². The SMILES string of the molecule is C[C@@H](OC(=O)CNC(=O)c1ccccc1)C(=O)N1c2ccccc2C[C@@H]1C. The van der Waals surface area contributed by atoms with Crippen LogP contribution >= 0.6 is 0 Å². The molecule has 2 aromatic rings. The normalized spacial score (nSPS) is 16.4. The summed E-state index contributed by atoms with van der Waals surface area (Å²) in [5.41, 5.74) is 2.42. The molecule has 1 aliphatic heterocycles. The average Bonchev–Trinajstić information content (AvgIpc) is 3.01. The van der Waals surface area contributed by atoms with E-state index in [9.17, 15) is 14.4 Å². The molecule has 1 heterocycles. The molecule has 0 unspecified atom stereocenters. The molecule has 6 heteroatoms. The molecule has 0 aliphatic carbocycles. The largest absolute Gasteiger partial charge is 0.451 e. The van der Waals surface area contributed by atoms with Crippen molar-refractivity contribution in [3.63, 3.8) is 0 Å². The molecule has 0 fully saturated rings. The van der Waals surface area contributed by atoms with Crippen molar-refractivity contribution >= 4 is 23.5 Å². The maximum atomic E-state index is 12.8. The Morgan fingerprint density at radius 1 is 1.11 bits per heavy atom. The molecule has 1 N–H and O–H groups in total. The number of hydrogen-bond acceptors (Lipinski definition) is 4. The maximum Gasteiger partial charge on any atom is 0.326 e. The molecule has 3 rings (SSSR count). The first-order chi connectivity index (χ1) is 13.0. The molecule has 0 spiro atoms. The Kier molecular flexibility index (Phi) is 5.54. The van der Waals surface area contributed by atoms with Gasteiger partial charge in [0.05, 0.1) is 0 Å². The van der Waals surface area contributed by atoms with Crippen molar-refractivity contribution in [2.75, 3.05) is 11.4 Å². The lowest BCUT2D eigenvalue weighted by Gasteiger charge is -2.25. The number of carbonyl (C=O) groups excluding carboxylic acids is 3. The number of nitrogens with one attached hydrogen (secondary N) is 1. The predicted molar refractivity (Wildman–Crippen MR) is 101 cm³/mol. The van der Waals surface area contributed by atoms with Gasteiger partial charge in [0.2, 0.25) is 0 Å². The van der Waals surface area contributed by atoms with Crippen LogP contribution in [0.3, 0.4) is 0 Å². The fourth-order valence-corrected chi connectivity index (χ4v) is 3.23. The highest BCUT2D eigenvalue weighted by atomic mass is 16.5. The number of para-hydroxylation sites is 1. The molecule has 0 saturated heterocycles. The van der Waals surface area contributed by atoms with E-state index in [1.165, 1.54) is 0 Å². The number of ether oxygens (including phenoxy) is 1. The first-order valence-corrected chi connectivity index (χ1v) is 8.91. The summed E-state index contributed by atoms with van der Waals surface area (Å²) in [6, 6.07) is 16.3. The van der Waals surface area contributed by atoms with Crippen molar-refractivity contribution in [2.24, 2.45) is 0 Å². The zero-order valence-electron chi connectivity index (χ0n) is 15.3. The highest BCUT2D eigenvalue weighted by molar-refractivity contribution is 6.00. The second-order valence-electron chi connectivity index (χ2n) is 6.57. The lowest BCUT2D eigenvalue weighted by atomic mass is 10.1. The van der Waals surface area contributed by atoms with E-state index in [1.807, 2.05) is 31.2 Å². The predicted octanol–water partition coefficient (Wildman–Crippen LogP) is 2.33. The molecular weight excluding hydrogens is 344 g/mol. The summed E-state index contributed by atoms with van der Waals surface area (Å²) < 4.78 is 5.23. The Morgan fingerprint density at radius 3 is 2.52 bits per heavy atom. The van der Waals surface area contributed by atoms with Gasteiger partial charge in [-0.15, -0.1) is 0 Å². The molecule has 2 atom stereocenters. The van der Waals surface area contributed by atoms with Crippen molar-refractivity contribution in [3.05, 3.63) is 65.7 Å². The monoisotopic (exact) mass is 366 g/mol. The summed E-state index contributed by atoms with van der Waals surface area (Å²) in [7, 11) is 0. The highest BCUT2D eigenvalue weighted by Gasteiger charge is 2.34. The molecule has 0 bridgehead atoms. The van der Waals surface area contributed by atoms with Gasteiger partial charge >= 0.3 is 5.97 Å². The van der Waals surface area contributed by atoms with E-state index in [4.69, 9.17) is 4.74 Å². The van der Waals surface area contributed by atoms with Crippen molar-refractivity contribution in [1.29, 1.82) is 0 Å². The summed E-state index contributed by atoms with van der Waals surface area (Å²) in [6.45, 7) is 3.22. The first kappa shape index (κ1) is 18.6. The Hall–Kier alpha value is -3.15. The van der Waals surface area contributed by atoms with Gasteiger partial charge < -0.3 is 15.0 Å². The fourth-order valence-electron chi connectivity index (χ4n) is 3.23. The minimum Gasteiger partial charge on any atom is -0.451 e. The number of benzene rings is 2. The summed E-state index contributed by atoms with van der Waals surface area (Å²) in [4.78, 5) is 38.4. The fraction of sp³-hybridized carbons (Fsp3) is 0.286. The van der Waals surface area contributed by atoms with Crippen LogP contribution in [0, 0.1) is 0 Å². The summed E-state index contributed by atoms with van der Waals surface area (Å²) in [5.74, 6) is -1.29. The molecule has 0 saturated carbocycles. The van der Waals surface area contributed by atoms with Crippen molar-refractivity contribution in [2.45, 2.75) is 32.4 Å². The molecule has 0 radical (unpaired) electrons. The van der Waals surface area contributed by atoms with Crippen LogP contribution in [0.5, 0.6) is 0 Å². The zero-order valence-corrected chi connectivity index (χ0v) is 15.3. The minimum absolute atomic E-state index is 0.00818. The van der Waals surface area contributed by atoms with E-state index in [-0.39, 0.29) is 24.4 Å². The van der Waals surface area contributed by atoms with Crippen LogP contribution in [-0.2, 0) is 20.7 Å². The van der Waals surface area contributed by atoms with Gasteiger partial charge in [-0.1, -0.05) is 36.4 Å². The van der Waals surface area contributed by atoms with Gasteiger partial charge in [0.1, 0.15) is 6.54 Å². The summed E-state index contributed by atoms with van der Waals surface area (Å²) in [6.07, 6.45) is -0.157. The third-order valence-electron chi connectivity index (χ3n) is 4.53. The molecule has 140 valence electrons. The Bertz CT molecular complexity index is 850. The van der Waals surface area contributed by atoms with E-state index in [0.29, 0.717) is 5.56 Å². The van der Waals surface area contributed by atoms with Gasteiger partial charge in [0.25, 0.3) is 11.8 Å². The van der Waals surface area contributed by atoms with Gasteiger partial charge in [-0.2, -0.15) is 0 Å². The van der Waals surface area contributed by atoms with Crippen LogP contribution in [0.2, 0.25) is 0 Å². The lowest BCUT2D eigenvalue weighted by Crippen LogP contribution is -2.44. The lowest BCUT2D eigenvalue weighted by molar-refractivity contribution is -0.152. The van der Waals surface area contributed by atoms with E-state index in [2.05, 4.69) is 5.32 Å². The van der Waals surface area contributed by atoms with Gasteiger partial charge in [0.15, 0.2) is 6.10 Å². The Morgan fingerprint density at radius 2 is 1.78 bits per heavy atom. The van der Waals surface area contributed by atoms with E-state index in [0.717, 1.165) is 17.7 Å². The number of fused-ring (bicyclic) bond motifs is 1. The topological polar surface area (TPSA) is 75.7 Å². The van der Waals surface area contributed by atoms with Gasteiger partial charge in [-0.05, 0) is 44.0 Å². The number of rotatable bonds is 5. The number of amides is 2. The van der Waals surface area contributed by atoms with Crippen LogP contribution in [0.1, 0.15) is 29.8 Å². The smallest absolute Gasteiger partial charge is 0.326 e. The second kappa shape index (κ2) is 8.03. The van der Waals surface area contributed by atoms with Crippen LogP contribution in [0.25, 0.3) is 0 Å². The first-order valence-electron chi connectivity index (χ1n) is 8.91. The Balaban J connectivity index is 1.55. The third-order valence-corrected chi connectivity index (χ3v) is 4.53. The molecule has 6 nitrogen and oxygen atoms in total. The van der Waals surface area contributed by atoms with Gasteiger partial charge in [-0.25, -0.2) is 0 Å². The van der Waals surface area contributed by atoms with Crippen molar-refractivity contribution in [3.8, 4) is 0 Å². The van der Waals surface area contributed by atoms with Crippen LogP contribution in [-0.4, -0.2) is 36.5 Å². The van der Waals surface area contributed by atoms with Crippen LogP contribution in [0.15, 0.2) is 54.6 Å². The van der Waals surface area contributed by atoms with Crippen molar-refractivity contribution in [1.82, 2.24) is 5.32 Å². The molecule has 0 aromatic heterocycles.